The zero-order valence-corrected chi connectivity index (χ0v) is 4.81. The summed E-state index contributed by atoms with van der Waals surface area (Å²) in [5.41, 5.74) is 0. The molecule has 44 valence electrons. The summed E-state index contributed by atoms with van der Waals surface area (Å²) in [5, 5.41) is 11.5. The molecule has 0 aromatic carbocycles. The minimum atomic E-state index is 0.00154. The van der Waals surface area contributed by atoms with Crippen LogP contribution in [0.15, 0.2) is 15.9 Å². The average molecular weight is 133 g/mol. The van der Waals surface area contributed by atoms with Gasteiger partial charge in [-0.1, -0.05) is 11.6 Å². The topological polar surface area (TPSA) is 44.6 Å². The minimum Gasteiger partial charge on any atom is -0.494 e. The van der Waals surface area contributed by atoms with Crippen LogP contribution in [0.5, 0.6) is 0 Å². The Kier molecular flexibility index (Phi) is 1.39. The van der Waals surface area contributed by atoms with Gasteiger partial charge < -0.3 is 10.4 Å². The van der Waals surface area contributed by atoms with Crippen LogP contribution in [-0.4, -0.2) is 18.0 Å². The number of aliphatic imine (C=N–C) groups is 1. The molecule has 0 amide bonds. The van der Waals surface area contributed by atoms with E-state index in [0.29, 0.717) is 11.6 Å². The lowest BCUT2D eigenvalue weighted by molar-refractivity contribution is 0.383. The van der Waals surface area contributed by atoms with Gasteiger partial charge in [-0.15, -0.1) is 0 Å². The van der Waals surface area contributed by atoms with Crippen LogP contribution in [-0.2, 0) is 0 Å². The molecule has 2 N–H and O–H groups in total. The van der Waals surface area contributed by atoms with E-state index in [4.69, 9.17) is 16.7 Å². The van der Waals surface area contributed by atoms with Crippen LogP contribution in [0.2, 0.25) is 0 Å². The summed E-state index contributed by atoms with van der Waals surface area (Å²) in [6.45, 7) is 0.375. The van der Waals surface area contributed by atoms with Gasteiger partial charge in [-0.25, -0.2) is 0 Å². The van der Waals surface area contributed by atoms with E-state index >= 15 is 0 Å². The third-order valence-corrected chi connectivity index (χ3v) is 1.08. The van der Waals surface area contributed by atoms with Crippen molar-refractivity contribution in [3.8, 4) is 0 Å². The largest absolute Gasteiger partial charge is 0.494 e. The second-order valence-corrected chi connectivity index (χ2v) is 1.82. The zero-order valence-electron chi connectivity index (χ0n) is 4.06. The first-order chi connectivity index (χ1) is 3.80. The van der Waals surface area contributed by atoms with Crippen molar-refractivity contribution in [3.05, 3.63) is 10.9 Å². The van der Waals surface area contributed by atoms with Crippen LogP contribution in [0.4, 0.5) is 0 Å². The van der Waals surface area contributed by atoms with Gasteiger partial charge in [0.25, 0.3) is 0 Å². The highest BCUT2D eigenvalue weighted by Gasteiger charge is 2.02. The maximum absolute atomic E-state index is 8.72. The van der Waals surface area contributed by atoms with Gasteiger partial charge in [0.2, 0.25) is 5.88 Å². The molecule has 0 atom stereocenters. The number of aliphatic hydroxyl groups is 1. The molecule has 4 heteroatoms. The third-order valence-electron chi connectivity index (χ3n) is 0.780. The lowest BCUT2D eigenvalue weighted by Crippen LogP contribution is -2.16. The standard InChI is InChI=1S/C4H5ClN2O/c5-3-1-6-2-7-4(3)8/h2,8H,1H2,(H,6,7). The van der Waals surface area contributed by atoms with Crippen molar-refractivity contribution in [2.24, 2.45) is 4.99 Å². The predicted molar refractivity (Wildman–Crippen MR) is 32.0 cm³/mol. The van der Waals surface area contributed by atoms with Crippen molar-refractivity contribution in [1.29, 1.82) is 0 Å². The van der Waals surface area contributed by atoms with E-state index in [9.17, 15) is 0 Å². The summed E-state index contributed by atoms with van der Waals surface area (Å²) in [5.74, 6) is 0.00154. The highest BCUT2D eigenvalue weighted by atomic mass is 35.5. The summed E-state index contributed by atoms with van der Waals surface area (Å²) >= 11 is 5.42. The van der Waals surface area contributed by atoms with Gasteiger partial charge in [0, 0.05) is 0 Å². The smallest absolute Gasteiger partial charge is 0.206 e. The second kappa shape index (κ2) is 2.05. The molecule has 0 unspecified atom stereocenters. The Morgan fingerprint density at radius 2 is 2.62 bits per heavy atom. The average Bonchev–Trinajstić information content (AvgIpc) is 1.77. The Morgan fingerprint density at radius 1 is 1.88 bits per heavy atom. The molecule has 1 aliphatic heterocycles. The molecule has 0 fully saturated rings. The van der Waals surface area contributed by atoms with E-state index in [2.05, 4.69) is 10.3 Å². The number of nitrogens with zero attached hydrogens (tertiary/aromatic N) is 1. The molecule has 0 spiro atoms. The Bertz CT molecular complexity index is 136. The highest BCUT2D eigenvalue weighted by Crippen LogP contribution is 2.06. The van der Waals surface area contributed by atoms with Gasteiger partial charge in [-0.2, -0.15) is 0 Å². The molecule has 0 saturated heterocycles. The first-order valence-corrected chi connectivity index (χ1v) is 2.51. The van der Waals surface area contributed by atoms with Crippen molar-refractivity contribution in [2.75, 3.05) is 6.54 Å². The molecular formula is C4H5ClN2O. The molecule has 8 heavy (non-hydrogen) atoms. The van der Waals surface area contributed by atoms with Crippen LogP contribution >= 0.6 is 11.6 Å². The van der Waals surface area contributed by atoms with Gasteiger partial charge >= 0.3 is 0 Å². The number of rotatable bonds is 0. The molecule has 1 aliphatic rings. The summed E-state index contributed by atoms with van der Waals surface area (Å²) in [4.78, 5) is 3.72. The number of hydrogen-bond donors (Lipinski definition) is 2. The lowest BCUT2D eigenvalue weighted by atomic mass is 10.5. The van der Waals surface area contributed by atoms with E-state index in [1.165, 1.54) is 6.34 Å². The van der Waals surface area contributed by atoms with E-state index in [1.54, 1.807) is 0 Å². The van der Waals surface area contributed by atoms with E-state index in [0.717, 1.165) is 0 Å². The first-order valence-electron chi connectivity index (χ1n) is 2.13. The SMILES string of the molecule is OC1=C(Cl)CN=CN1. The molecule has 1 rings (SSSR count). The second-order valence-electron chi connectivity index (χ2n) is 1.37. The third kappa shape index (κ3) is 0.924. The maximum atomic E-state index is 8.72. The number of aliphatic hydroxyl groups excluding tert-OH is 1. The Labute approximate surface area is 51.7 Å². The molecule has 0 aromatic heterocycles. The summed E-state index contributed by atoms with van der Waals surface area (Å²) < 4.78 is 0. The number of halogens is 1. The van der Waals surface area contributed by atoms with Crippen molar-refractivity contribution in [3.63, 3.8) is 0 Å². The summed E-state index contributed by atoms with van der Waals surface area (Å²) in [6.07, 6.45) is 1.40. The summed E-state index contributed by atoms with van der Waals surface area (Å²) in [6, 6.07) is 0. The van der Waals surface area contributed by atoms with Crippen LogP contribution in [0.3, 0.4) is 0 Å². The molecule has 0 aromatic rings. The van der Waals surface area contributed by atoms with E-state index in [-0.39, 0.29) is 5.88 Å². The minimum absolute atomic E-state index is 0.00154. The number of nitrogens with one attached hydrogen (secondary N) is 1. The molecule has 0 aliphatic carbocycles. The fraction of sp³-hybridized carbons (Fsp3) is 0.250. The van der Waals surface area contributed by atoms with Gasteiger partial charge in [0.15, 0.2) is 0 Å². The van der Waals surface area contributed by atoms with Gasteiger partial charge in [0.1, 0.15) is 0 Å². The van der Waals surface area contributed by atoms with Crippen molar-refractivity contribution in [1.82, 2.24) is 5.32 Å². The molecule has 1 heterocycles. The van der Waals surface area contributed by atoms with Crippen LogP contribution in [0.25, 0.3) is 0 Å². The van der Waals surface area contributed by atoms with Gasteiger partial charge in [0.05, 0.1) is 17.9 Å². The Hall–Kier alpha value is -0.700. The normalized spacial score (nSPS) is 18.6. The monoisotopic (exact) mass is 132 g/mol. The van der Waals surface area contributed by atoms with Gasteiger partial charge in [-0.3, -0.25) is 4.99 Å². The fourth-order valence-electron chi connectivity index (χ4n) is 0.386. The predicted octanol–water partition coefficient (Wildman–Crippen LogP) is 0.584. The van der Waals surface area contributed by atoms with Crippen LogP contribution in [0.1, 0.15) is 0 Å². The molecule has 0 radical (unpaired) electrons. The summed E-state index contributed by atoms with van der Waals surface area (Å²) in [7, 11) is 0. The Morgan fingerprint density at radius 3 is 3.00 bits per heavy atom. The molecule has 3 nitrogen and oxygen atoms in total. The van der Waals surface area contributed by atoms with Crippen molar-refractivity contribution >= 4 is 17.9 Å². The Balaban J connectivity index is 2.67. The lowest BCUT2D eigenvalue weighted by Gasteiger charge is -2.04. The first kappa shape index (κ1) is 5.44. The highest BCUT2D eigenvalue weighted by molar-refractivity contribution is 6.30. The van der Waals surface area contributed by atoms with Crippen molar-refractivity contribution in [2.45, 2.75) is 0 Å². The van der Waals surface area contributed by atoms with E-state index < -0.39 is 0 Å². The van der Waals surface area contributed by atoms with Crippen LogP contribution < -0.4 is 5.32 Å². The molecular weight excluding hydrogens is 128 g/mol. The quantitative estimate of drug-likeness (QED) is 0.507. The van der Waals surface area contributed by atoms with Crippen LogP contribution in [0, 0.1) is 0 Å². The fourth-order valence-corrected chi connectivity index (χ4v) is 0.509. The molecule has 0 bridgehead atoms. The van der Waals surface area contributed by atoms with E-state index in [1.807, 2.05) is 0 Å². The van der Waals surface area contributed by atoms with Gasteiger partial charge in [-0.05, 0) is 0 Å². The molecule has 0 saturated carbocycles. The maximum Gasteiger partial charge on any atom is 0.206 e. The van der Waals surface area contributed by atoms with Crippen molar-refractivity contribution < 1.29 is 5.11 Å². The number of hydrogen-bond acceptors (Lipinski definition) is 3. The zero-order chi connectivity index (χ0) is 5.98.